The van der Waals surface area contributed by atoms with Crippen molar-refractivity contribution in [3.63, 3.8) is 0 Å². The van der Waals surface area contributed by atoms with Crippen molar-refractivity contribution in [3.8, 4) is 17.2 Å². The van der Waals surface area contributed by atoms with Crippen LogP contribution >= 0.6 is 23.8 Å². The molecule has 2 N–H and O–H groups in total. The van der Waals surface area contributed by atoms with Gasteiger partial charge in [0.1, 0.15) is 11.3 Å². The summed E-state index contributed by atoms with van der Waals surface area (Å²) in [5, 5.41) is 8.49. The number of rotatable bonds is 6. The summed E-state index contributed by atoms with van der Waals surface area (Å²) < 4.78 is 11.8. The summed E-state index contributed by atoms with van der Waals surface area (Å²) in [5.74, 6) is 0.905. The van der Waals surface area contributed by atoms with Crippen LogP contribution in [-0.2, 0) is 0 Å². The van der Waals surface area contributed by atoms with Gasteiger partial charge in [-0.2, -0.15) is 0 Å². The van der Waals surface area contributed by atoms with Crippen LogP contribution in [-0.4, -0.2) is 22.1 Å². The molecule has 0 saturated carbocycles. The standard InChI is InChI=1S/C29H24ClN3O3S/c1-3-17(2)35-20-13-10-18(11-14-20)27(34)33-29(37)31-19-12-15-26-25(16-19)32-28(36-26)23-8-4-7-22-21(23)6-5-9-24(22)30/h4-17H,3H2,1-2H3,(H2,31,33,34,37)/t17-/m1/s1. The summed E-state index contributed by atoms with van der Waals surface area (Å²) in [7, 11) is 0. The molecule has 1 heterocycles. The molecule has 0 fully saturated rings. The summed E-state index contributed by atoms with van der Waals surface area (Å²) in [6, 6.07) is 24.0. The number of oxazole rings is 1. The van der Waals surface area contributed by atoms with Crippen molar-refractivity contribution < 1.29 is 13.9 Å². The summed E-state index contributed by atoms with van der Waals surface area (Å²) >= 11 is 11.7. The molecule has 0 spiro atoms. The van der Waals surface area contributed by atoms with Crippen LogP contribution in [0.3, 0.4) is 0 Å². The molecule has 6 nitrogen and oxygen atoms in total. The van der Waals surface area contributed by atoms with Gasteiger partial charge in [-0.25, -0.2) is 4.98 Å². The first-order chi connectivity index (χ1) is 17.9. The lowest BCUT2D eigenvalue weighted by Crippen LogP contribution is -2.34. The minimum atomic E-state index is -0.313. The van der Waals surface area contributed by atoms with Gasteiger partial charge in [-0.15, -0.1) is 0 Å². The third-order valence-electron chi connectivity index (χ3n) is 6.00. The van der Waals surface area contributed by atoms with Gasteiger partial charge in [0, 0.05) is 27.2 Å². The van der Waals surface area contributed by atoms with Crippen LogP contribution in [0.1, 0.15) is 30.6 Å². The van der Waals surface area contributed by atoms with Crippen molar-refractivity contribution in [2.75, 3.05) is 5.32 Å². The number of benzene rings is 4. The van der Waals surface area contributed by atoms with Gasteiger partial charge in [-0.1, -0.05) is 42.8 Å². The number of amides is 1. The largest absolute Gasteiger partial charge is 0.491 e. The predicted octanol–water partition coefficient (Wildman–Crippen LogP) is 7.61. The number of anilines is 1. The van der Waals surface area contributed by atoms with Crippen molar-refractivity contribution in [3.05, 3.63) is 89.4 Å². The molecule has 8 heteroatoms. The number of ether oxygens (including phenoxy) is 1. The quantitative estimate of drug-likeness (QED) is 0.220. The van der Waals surface area contributed by atoms with E-state index in [0.717, 1.165) is 28.5 Å². The zero-order valence-corrected chi connectivity index (χ0v) is 21.8. The Morgan fingerprint density at radius 3 is 2.59 bits per heavy atom. The SMILES string of the molecule is CC[C@@H](C)Oc1ccc(C(=O)NC(=S)Nc2ccc3oc(-c4cccc5c(Cl)cccc45)nc3c2)cc1. The summed E-state index contributed by atoms with van der Waals surface area (Å²) in [5.41, 5.74) is 3.30. The Bertz CT molecular complexity index is 1610. The van der Waals surface area contributed by atoms with Crippen molar-refractivity contribution in [1.82, 2.24) is 10.3 Å². The number of carbonyl (C=O) groups excluding carboxylic acids is 1. The van der Waals surface area contributed by atoms with E-state index >= 15 is 0 Å². The highest BCUT2D eigenvalue weighted by Crippen LogP contribution is 2.34. The minimum absolute atomic E-state index is 0.111. The summed E-state index contributed by atoms with van der Waals surface area (Å²) in [6.07, 6.45) is 1.02. The highest BCUT2D eigenvalue weighted by atomic mass is 35.5. The molecule has 1 amide bonds. The second-order valence-corrected chi connectivity index (χ2v) is 9.43. The number of nitrogens with one attached hydrogen (secondary N) is 2. The van der Waals surface area contributed by atoms with Crippen molar-refractivity contribution in [2.24, 2.45) is 0 Å². The molecule has 4 aromatic carbocycles. The molecule has 0 unspecified atom stereocenters. The van der Waals surface area contributed by atoms with E-state index in [1.807, 2.05) is 61.5 Å². The van der Waals surface area contributed by atoms with Crippen LogP contribution in [0.2, 0.25) is 5.02 Å². The zero-order chi connectivity index (χ0) is 25.9. The first-order valence-electron chi connectivity index (χ1n) is 11.9. The second kappa shape index (κ2) is 10.6. The van der Waals surface area contributed by atoms with E-state index in [9.17, 15) is 4.79 Å². The fourth-order valence-corrected chi connectivity index (χ4v) is 4.36. The monoisotopic (exact) mass is 529 g/mol. The van der Waals surface area contributed by atoms with E-state index in [2.05, 4.69) is 22.5 Å². The number of hydrogen-bond donors (Lipinski definition) is 2. The molecule has 0 aliphatic heterocycles. The average molecular weight is 530 g/mol. The highest BCUT2D eigenvalue weighted by molar-refractivity contribution is 7.80. The van der Waals surface area contributed by atoms with Crippen molar-refractivity contribution in [2.45, 2.75) is 26.4 Å². The molecule has 0 saturated heterocycles. The summed E-state index contributed by atoms with van der Waals surface area (Å²) in [4.78, 5) is 17.3. The zero-order valence-electron chi connectivity index (χ0n) is 20.2. The molecule has 1 aromatic heterocycles. The Hall–Kier alpha value is -3.94. The van der Waals surface area contributed by atoms with E-state index in [4.69, 9.17) is 33.0 Å². The number of aromatic nitrogens is 1. The molecule has 0 bridgehead atoms. The summed E-state index contributed by atoms with van der Waals surface area (Å²) in [6.45, 7) is 4.06. The maximum Gasteiger partial charge on any atom is 0.257 e. The molecule has 0 aliphatic carbocycles. The molecule has 186 valence electrons. The van der Waals surface area contributed by atoms with Gasteiger partial charge in [0.15, 0.2) is 10.7 Å². The van der Waals surface area contributed by atoms with E-state index in [1.165, 1.54) is 0 Å². The number of nitrogens with zero attached hydrogens (tertiary/aromatic N) is 1. The highest BCUT2D eigenvalue weighted by Gasteiger charge is 2.14. The Balaban J connectivity index is 1.29. The molecular weight excluding hydrogens is 506 g/mol. The molecule has 1 atom stereocenters. The lowest BCUT2D eigenvalue weighted by atomic mass is 10.0. The number of fused-ring (bicyclic) bond motifs is 2. The Morgan fingerprint density at radius 1 is 1.05 bits per heavy atom. The van der Waals surface area contributed by atoms with Gasteiger partial charge >= 0.3 is 0 Å². The lowest BCUT2D eigenvalue weighted by Gasteiger charge is -2.13. The van der Waals surface area contributed by atoms with Gasteiger partial charge in [0.2, 0.25) is 5.89 Å². The molecule has 0 aliphatic rings. The number of halogens is 1. The van der Waals surface area contributed by atoms with Crippen molar-refractivity contribution >= 4 is 62.4 Å². The second-order valence-electron chi connectivity index (χ2n) is 8.61. The number of carbonyl (C=O) groups is 1. The first kappa shape index (κ1) is 24.7. The number of thiocarbonyl (C=S) groups is 1. The number of hydrogen-bond acceptors (Lipinski definition) is 5. The van der Waals surface area contributed by atoms with Gasteiger partial charge < -0.3 is 14.5 Å². The molecular formula is C29H24ClN3O3S. The topological polar surface area (TPSA) is 76.4 Å². The van der Waals surface area contributed by atoms with E-state index in [0.29, 0.717) is 33.3 Å². The van der Waals surface area contributed by atoms with Crippen LogP contribution in [0.4, 0.5) is 5.69 Å². The van der Waals surface area contributed by atoms with Crippen LogP contribution < -0.4 is 15.4 Å². The Morgan fingerprint density at radius 2 is 1.81 bits per heavy atom. The first-order valence-corrected chi connectivity index (χ1v) is 12.7. The van der Waals surface area contributed by atoms with Crippen molar-refractivity contribution in [1.29, 1.82) is 0 Å². The Labute approximate surface area is 224 Å². The van der Waals surface area contributed by atoms with Gasteiger partial charge in [0.05, 0.1) is 6.10 Å². The van der Waals surface area contributed by atoms with Gasteiger partial charge in [-0.3, -0.25) is 10.1 Å². The van der Waals surface area contributed by atoms with Gasteiger partial charge in [-0.05, 0) is 85.5 Å². The molecule has 0 radical (unpaired) electrons. The minimum Gasteiger partial charge on any atom is -0.491 e. The average Bonchev–Trinajstić information content (AvgIpc) is 3.32. The van der Waals surface area contributed by atoms with Crippen LogP contribution in [0.25, 0.3) is 33.3 Å². The van der Waals surface area contributed by atoms with E-state index in [1.54, 1.807) is 24.3 Å². The fourth-order valence-electron chi connectivity index (χ4n) is 3.92. The van der Waals surface area contributed by atoms with Crippen LogP contribution in [0.5, 0.6) is 5.75 Å². The van der Waals surface area contributed by atoms with Gasteiger partial charge in [0.25, 0.3) is 5.91 Å². The fraction of sp³-hybridized carbons (Fsp3) is 0.138. The van der Waals surface area contributed by atoms with Crippen LogP contribution in [0, 0.1) is 0 Å². The Kier molecular flexibility index (Phi) is 7.08. The lowest BCUT2D eigenvalue weighted by molar-refractivity contribution is 0.0977. The smallest absolute Gasteiger partial charge is 0.257 e. The predicted molar refractivity (Wildman–Crippen MR) is 152 cm³/mol. The molecule has 37 heavy (non-hydrogen) atoms. The van der Waals surface area contributed by atoms with E-state index < -0.39 is 0 Å². The maximum atomic E-state index is 12.6. The maximum absolute atomic E-state index is 12.6. The third kappa shape index (κ3) is 5.43. The molecule has 5 rings (SSSR count). The van der Waals surface area contributed by atoms with Crippen LogP contribution in [0.15, 0.2) is 83.3 Å². The third-order valence-corrected chi connectivity index (χ3v) is 6.53. The molecule has 5 aromatic rings. The van der Waals surface area contributed by atoms with E-state index in [-0.39, 0.29) is 17.1 Å². The normalized spacial score (nSPS) is 11.9.